The summed E-state index contributed by atoms with van der Waals surface area (Å²) in [6.45, 7) is 3.96. The number of hydrogen-bond acceptors (Lipinski definition) is 7. The maximum Gasteiger partial charge on any atom is 0.253 e. The van der Waals surface area contributed by atoms with Gasteiger partial charge in [0, 0.05) is 51.0 Å². The molecule has 3 aromatic rings. The molecule has 34 heavy (non-hydrogen) atoms. The molecule has 0 bridgehead atoms. The first kappa shape index (κ1) is 23.7. The van der Waals surface area contributed by atoms with Crippen LogP contribution in [0.2, 0.25) is 0 Å². The lowest BCUT2D eigenvalue weighted by atomic mass is 10.1. The zero-order valence-electron chi connectivity index (χ0n) is 19.0. The van der Waals surface area contributed by atoms with Crippen LogP contribution in [0.15, 0.2) is 65.8 Å². The molecule has 0 atom stereocenters. The number of carbonyl (C=O) groups excluding carboxylic acids is 2. The second-order valence-corrected chi connectivity index (χ2v) is 8.85. The van der Waals surface area contributed by atoms with Crippen molar-refractivity contribution in [3.8, 4) is 0 Å². The van der Waals surface area contributed by atoms with Crippen molar-refractivity contribution in [3.63, 3.8) is 0 Å². The van der Waals surface area contributed by atoms with Crippen molar-refractivity contribution in [2.24, 2.45) is 7.05 Å². The van der Waals surface area contributed by atoms with E-state index in [4.69, 9.17) is 0 Å². The summed E-state index contributed by atoms with van der Waals surface area (Å²) >= 11 is 1.26. The summed E-state index contributed by atoms with van der Waals surface area (Å²) in [4.78, 5) is 29.3. The number of thioether (sulfide) groups is 1. The van der Waals surface area contributed by atoms with E-state index in [1.807, 2.05) is 23.1 Å². The molecule has 1 N–H and O–H groups in total. The van der Waals surface area contributed by atoms with Crippen LogP contribution in [0, 0.1) is 0 Å². The summed E-state index contributed by atoms with van der Waals surface area (Å²) in [5.74, 6) is 0.0480. The predicted molar refractivity (Wildman–Crippen MR) is 132 cm³/mol. The van der Waals surface area contributed by atoms with Gasteiger partial charge in [0.05, 0.1) is 5.75 Å². The Labute approximate surface area is 202 Å². The maximum absolute atomic E-state index is 12.9. The summed E-state index contributed by atoms with van der Waals surface area (Å²) < 4.78 is 1.51. The van der Waals surface area contributed by atoms with Gasteiger partial charge in [-0.3, -0.25) is 14.5 Å². The van der Waals surface area contributed by atoms with Gasteiger partial charge in [-0.1, -0.05) is 54.2 Å². The van der Waals surface area contributed by atoms with Crippen LogP contribution in [0.5, 0.6) is 0 Å². The highest BCUT2D eigenvalue weighted by molar-refractivity contribution is 7.99. The molecule has 1 aromatic heterocycles. The van der Waals surface area contributed by atoms with Gasteiger partial charge < -0.3 is 10.2 Å². The Bertz CT molecular complexity index is 1120. The van der Waals surface area contributed by atoms with E-state index in [0.717, 1.165) is 19.6 Å². The molecule has 0 radical (unpaired) electrons. The van der Waals surface area contributed by atoms with Crippen molar-refractivity contribution < 1.29 is 9.59 Å². The predicted octanol–water partition coefficient (Wildman–Crippen LogP) is 2.41. The normalized spacial score (nSPS) is 14.4. The smallest absolute Gasteiger partial charge is 0.253 e. The minimum atomic E-state index is -0.162. The van der Waals surface area contributed by atoms with Gasteiger partial charge in [0.25, 0.3) is 5.91 Å². The van der Waals surface area contributed by atoms with Crippen LogP contribution in [0.1, 0.15) is 15.9 Å². The lowest BCUT2D eigenvalue weighted by molar-refractivity contribution is -0.113. The van der Waals surface area contributed by atoms with E-state index in [0.29, 0.717) is 29.5 Å². The highest BCUT2D eigenvalue weighted by Crippen LogP contribution is 2.16. The Morgan fingerprint density at radius 2 is 1.76 bits per heavy atom. The molecule has 1 aliphatic rings. The molecule has 9 nitrogen and oxygen atoms in total. The number of aryl methyl sites for hydroxylation is 1. The average Bonchev–Trinajstić information content (AvgIpc) is 3.28. The number of tetrazole rings is 1. The number of nitrogens with one attached hydrogen (secondary N) is 1. The zero-order chi connectivity index (χ0) is 23.8. The summed E-state index contributed by atoms with van der Waals surface area (Å²) in [5.41, 5.74) is 2.46. The van der Waals surface area contributed by atoms with E-state index < -0.39 is 0 Å². The molecule has 2 aromatic carbocycles. The quantitative estimate of drug-likeness (QED) is 0.498. The molecule has 1 saturated heterocycles. The van der Waals surface area contributed by atoms with Crippen LogP contribution in [0.4, 0.5) is 5.69 Å². The Morgan fingerprint density at radius 3 is 2.44 bits per heavy atom. The number of amides is 2. The first-order valence-electron chi connectivity index (χ1n) is 11.1. The fourth-order valence-electron chi connectivity index (χ4n) is 3.58. The second-order valence-electron chi connectivity index (χ2n) is 7.91. The number of benzene rings is 2. The Kier molecular flexibility index (Phi) is 8.05. The average molecular weight is 478 g/mol. The fourth-order valence-corrected chi connectivity index (χ4v) is 4.23. The summed E-state index contributed by atoms with van der Waals surface area (Å²) in [5, 5.41) is 14.5. The Hall–Kier alpha value is -3.50. The molecule has 2 heterocycles. The van der Waals surface area contributed by atoms with Crippen molar-refractivity contribution >= 4 is 35.3 Å². The highest BCUT2D eigenvalue weighted by atomic mass is 32.2. The van der Waals surface area contributed by atoms with Gasteiger partial charge in [-0.05, 0) is 40.3 Å². The molecule has 10 heteroatoms. The highest BCUT2D eigenvalue weighted by Gasteiger charge is 2.21. The molecule has 1 fully saturated rings. The van der Waals surface area contributed by atoms with Crippen molar-refractivity contribution in [3.05, 3.63) is 71.8 Å². The third-order valence-electron chi connectivity index (χ3n) is 5.46. The number of carbonyl (C=O) groups is 2. The van der Waals surface area contributed by atoms with Crippen molar-refractivity contribution in [1.29, 1.82) is 0 Å². The molecule has 0 saturated carbocycles. The number of anilines is 1. The second kappa shape index (κ2) is 11.6. The van der Waals surface area contributed by atoms with Gasteiger partial charge in [0.2, 0.25) is 11.1 Å². The monoisotopic (exact) mass is 477 g/mol. The van der Waals surface area contributed by atoms with E-state index in [9.17, 15) is 9.59 Å². The fraction of sp³-hybridized carbons (Fsp3) is 0.292. The van der Waals surface area contributed by atoms with Crippen molar-refractivity contribution in [1.82, 2.24) is 30.0 Å². The summed E-state index contributed by atoms with van der Waals surface area (Å²) in [6.07, 6.45) is 4.30. The minimum absolute atomic E-state index is 0.0164. The third kappa shape index (κ3) is 6.52. The third-order valence-corrected chi connectivity index (χ3v) is 6.47. The Morgan fingerprint density at radius 1 is 1.03 bits per heavy atom. The van der Waals surface area contributed by atoms with Gasteiger partial charge in [0.15, 0.2) is 0 Å². The molecule has 0 spiro atoms. The first-order valence-corrected chi connectivity index (χ1v) is 12.1. The lowest BCUT2D eigenvalue weighted by Crippen LogP contribution is -2.48. The van der Waals surface area contributed by atoms with Crippen LogP contribution in [0.3, 0.4) is 0 Å². The molecule has 4 rings (SSSR count). The van der Waals surface area contributed by atoms with E-state index in [-0.39, 0.29) is 17.6 Å². The number of hydrogen-bond donors (Lipinski definition) is 1. The van der Waals surface area contributed by atoms with Gasteiger partial charge in [-0.25, -0.2) is 4.68 Å². The lowest BCUT2D eigenvalue weighted by Gasteiger charge is -2.34. The number of rotatable bonds is 8. The van der Waals surface area contributed by atoms with Crippen molar-refractivity contribution in [2.45, 2.75) is 5.16 Å². The van der Waals surface area contributed by atoms with E-state index in [1.165, 1.54) is 22.0 Å². The number of aromatic nitrogens is 4. The van der Waals surface area contributed by atoms with Gasteiger partial charge >= 0.3 is 0 Å². The number of piperazine rings is 1. The van der Waals surface area contributed by atoms with E-state index >= 15 is 0 Å². The standard InChI is InChI=1S/C24H27N7O2S/c1-29-24(26-27-28-29)34-18-22(32)25-21-11-9-20(10-12-21)23(33)31-16-14-30(15-17-31)13-5-8-19-6-3-2-4-7-19/h2-12H,13-18H2,1H3,(H,25,32). The largest absolute Gasteiger partial charge is 0.336 e. The van der Waals surface area contributed by atoms with Crippen LogP contribution in [-0.4, -0.2) is 80.3 Å². The topological polar surface area (TPSA) is 96.2 Å². The molecular formula is C24H27N7O2S. The Balaban J connectivity index is 1.21. The molecule has 1 aliphatic heterocycles. The first-order chi connectivity index (χ1) is 16.6. The molecule has 176 valence electrons. The van der Waals surface area contributed by atoms with Gasteiger partial charge in [-0.2, -0.15) is 0 Å². The van der Waals surface area contributed by atoms with Crippen LogP contribution < -0.4 is 5.32 Å². The van der Waals surface area contributed by atoms with E-state index in [1.54, 1.807) is 31.3 Å². The van der Waals surface area contributed by atoms with Crippen LogP contribution >= 0.6 is 11.8 Å². The SMILES string of the molecule is Cn1nnnc1SCC(=O)Nc1ccc(C(=O)N2CCN(CC=Cc3ccccc3)CC2)cc1. The molecular weight excluding hydrogens is 450 g/mol. The van der Waals surface area contributed by atoms with Gasteiger partial charge in [-0.15, -0.1) is 5.10 Å². The summed E-state index contributed by atoms with van der Waals surface area (Å²) in [7, 11) is 1.72. The van der Waals surface area contributed by atoms with Crippen LogP contribution in [-0.2, 0) is 11.8 Å². The maximum atomic E-state index is 12.9. The minimum Gasteiger partial charge on any atom is -0.336 e. The van der Waals surface area contributed by atoms with Gasteiger partial charge in [0.1, 0.15) is 0 Å². The molecule has 2 amide bonds. The van der Waals surface area contributed by atoms with Crippen molar-refractivity contribution in [2.75, 3.05) is 43.8 Å². The van der Waals surface area contributed by atoms with E-state index in [2.05, 4.69) is 50.0 Å². The van der Waals surface area contributed by atoms with Crippen LogP contribution in [0.25, 0.3) is 6.08 Å². The summed E-state index contributed by atoms with van der Waals surface area (Å²) in [6, 6.07) is 17.3. The zero-order valence-corrected chi connectivity index (χ0v) is 19.8. The molecule has 0 aliphatic carbocycles. The number of nitrogens with zero attached hydrogens (tertiary/aromatic N) is 6. The molecule has 0 unspecified atom stereocenters.